The van der Waals surface area contributed by atoms with E-state index in [-0.39, 0.29) is 0 Å². The number of oxazole rings is 1. The Morgan fingerprint density at radius 3 is 3.15 bits per heavy atom. The van der Waals surface area contributed by atoms with Gasteiger partial charge in [0.05, 0.1) is 11.2 Å². The third-order valence-electron chi connectivity index (χ3n) is 1.67. The van der Waals surface area contributed by atoms with Crippen LogP contribution in [0.2, 0.25) is 0 Å². The predicted octanol–water partition coefficient (Wildman–Crippen LogP) is 2.75. The van der Waals surface area contributed by atoms with Crippen LogP contribution in [0.1, 0.15) is 18.4 Å². The molecule has 0 spiro atoms. The van der Waals surface area contributed by atoms with Gasteiger partial charge >= 0.3 is 0 Å². The maximum Gasteiger partial charge on any atom is 0.245 e. The second kappa shape index (κ2) is 3.70. The molecule has 2 aromatic heterocycles. The standard InChI is InChI=1S/C9H10N2OS/c1-2-3-8-11-7(6-13-8)9-10-4-5-12-9/h4-6H,2-3H2,1H3. The SMILES string of the molecule is CCCc1nc(-c2ncco2)cs1. The van der Waals surface area contributed by atoms with Crippen LogP contribution in [0.15, 0.2) is 22.3 Å². The van der Waals surface area contributed by atoms with E-state index in [0.717, 1.165) is 23.5 Å². The normalized spacial score (nSPS) is 10.5. The third kappa shape index (κ3) is 1.78. The summed E-state index contributed by atoms with van der Waals surface area (Å²) in [5, 5.41) is 3.13. The molecule has 0 atom stereocenters. The van der Waals surface area contributed by atoms with Gasteiger partial charge in [0.25, 0.3) is 0 Å². The molecule has 2 aromatic rings. The van der Waals surface area contributed by atoms with Crippen molar-refractivity contribution in [2.45, 2.75) is 19.8 Å². The molecule has 0 aliphatic carbocycles. The van der Waals surface area contributed by atoms with Gasteiger partial charge in [0.1, 0.15) is 12.0 Å². The lowest BCUT2D eigenvalue weighted by molar-refractivity contribution is 0.572. The van der Waals surface area contributed by atoms with Gasteiger partial charge in [-0.3, -0.25) is 0 Å². The number of hydrogen-bond acceptors (Lipinski definition) is 4. The van der Waals surface area contributed by atoms with Crippen LogP contribution in [0, 0.1) is 0 Å². The first-order valence-corrected chi connectivity index (χ1v) is 5.12. The second-order valence-electron chi connectivity index (χ2n) is 2.71. The summed E-state index contributed by atoms with van der Waals surface area (Å²) in [6, 6.07) is 0. The van der Waals surface area contributed by atoms with Gasteiger partial charge < -0.3 is 4.42 Å². The molecule has 0 aromatic carbocycles. The molecule has 0 saturated carbocycles. The van der Waals surface area contributed by atoms with Crippen molar-refractivity contribution in [2.75, 3.05) is 0 Å². The summed E-state index contributed by atoms with van der Waals surface area (Å²) in [7, 11) is 0. The fourth-order valence-corrected chi connectivity index (χ4v) is 1.96. The fourth-order valence-electron chi connectivity index (χ4n) is 1.09. The van der Waals surface area contributed by atoms with E-state index in [1.54, 1.807) is 23.8 Å². The predicted molar refractivity (Wildman–Crippen MR) is 51.6 cm³/mol. The summed E-state index contributed by atoms with van der Waals surface area (Å²) in [5.41, 5.74) is 0.846. The molecule has 0 fully saturated rings. The molecule has 4 heteroatoms. The van der Waals surface area contributed by atoms with Crippen LogP contribution in [0.4, 0.5) is 0 Å². The van der Waals surface area contributed by atoms with Crippen LogP contribution >= 0.6 is 11.3 Å². The van der Waals surface area contributed by atoms with Gasteiger partial charge in [-0.05, 0) is 12.8 Å². The molecule has 0 N–H and O–H groups in total. The molecule has 2 heterocycles. The lowest BCUT2D eigenvalue weighted by Gasteiger charge is -1.87. The lowest BCUT2D eigenvalue weighted by atomic mass is 10.3. The summed E-state index contributed by atoms with van der Waals surface area (Å²) in [4.78, 5) is 8.44. The van der Waals surface area contributed by atoms with Gasteiger partial charge in [-0.25, -0.2) is 9.97 Å². The first-order valence-electron chi connectivity index (χ1n) is 4.24. The molecule has 0 unspecified atom stereocenters. The Kier molecular flexibility index (Phi) is 2.40. The molecule has 0 saturated heterocycles. The van der Waals surface area contributed by atoms with E-state index in [0.29, 0.717) is 5.89 Å². The molecular formula is C9H10N2OS. The van der Waals surface area contributed by atoms with Gasteiger partial charge in [-0.15, -0.1) is 11.3 Å². The number of thiazole rings is 1. The molecule has 0 aliphatic rings. The highest BCUT2D eigenvalue weighted by atomic mass is 32.1. The van der Waals surface area contributed by atoms with E-state index in [1.807, 2.05) is 5.38 Å². The number of aromatic nitrogens is 2. The minimum absolute atomic E-state index is 0.610. The highest BCUT2D eigenvalue weighted by molar-refractivity contribution is 7.09. The van der Waals surface area contributed by atoms with Crippen molar-refractivity contribution in [1.29, 1.82) is 0 Å². The van der Waals surface area contributed by atoms with Gasteiger partial charge in [0.2, 0.25) is 5.89 Å². The average molecular weight is 194 g/mol. The van der Waals surface area contributed by atoms with Gasteiger partial charge in [0.15, 0.2) is 0 Å². The van der Waals surface area contributed by atoms with E-state index < -0.39 is 0 Å². The lowest BCUT2D eigenvalue weighted by Crippen LogP contribution is -1.81. The number of aryl methyl sites for hydroxylation is 1. The van der Waals surface area contributed by atoms with E-state index in [9.17, 15) is 0 Å². The van der Waals surface area contributed by atoms with Crippen molar-refractivity contribution in [1.82, 2.24) is 9.97 Å². The molecule has 0 amide bonds. The van der Waals surface area contributed by atoms with E-state index in [2.05, 4.69) is 16.9 Å². The smallest absolute Gasteiger partial charge is 0.245 e. The van der Waals surface area contributed by atoms with Crippen LogP contribution in [0.3, 0.4) is 0 Å². The van der Waals surface area contributed by atoms with Crippen molar-refractivity contribution in [2.24, 2.45) is 0 Å². The van der Waals surface area contributed by atoms with Crippen molar-refractivity contribution in [3.8, 4) is 11.6 Å². The first kappa shape index (κ1) is 8.44. The highest BCUT2D eigenvalue weighted by Gasteiger charge is 2.06. The topological polar surface area (TPSA) is 38.9 Å². The minimum atomic E-state index is 0.610. The van der Waals surface area contributed by atoms with E-state index in [1.165, 1.54) is 0 Å². The molecule has 3 nitrogen and oxygen atoms in total. The molecule has 0 bridgehead atoms. The maximum absolute atomic E-state index is 5.14. The molecule has 2 rings (SSSR count). The van der Waals surface area contributed by atoms with Crippen molar-refractivity contribution in [3.63, 3.8) is 0 Å². The maximum atomic E-state index is 5.14. The molecule has 0 aliphatic heterocycles. The zero-order valence-corrected chi connectivity index (χ0v) is 8.17. The monoisotopic (exact) mass is 194 g/mol. The summed E-state index contributed by atoms with van der Waals surface area (Å²) in [6.07, 6.45) is 5.35. The van der Waals surface area contributed by atoms with E-state index >= 15 is 0 Å². The zero-order chi connectivity index (χ0) is 9.10. The number of rotatable bonds is 3. The average Bonchev–Trinajstić information content (AvgIpc) is 2.70. The van der Waals surface area contributed by atoms with Gasteiger partial charge in [-0.2, -0.15) is 0 Å². The Bertz CT molecular complexity index is 367. The van der Waals surface area contributed by atoms with Crippen LogP contribution in [0.25, 0.3) is 11.6 Å². The molecule has 68 valence electrons. The highest BCUT2D eigenvalue weighted by Crippen LogP contribution is 2.20. The Labute approximate surface area is 80.5 Å². The summed E-state index contributed by atoms with van der Waals surface area (Å²) in [5.74, 6) is 0.610. The fraction of sp³-hybridized carbons (Fsp3) is 0.333. The molecule has 13 heavy (non-hydrogen) atoms. The zero-order valence-electron chi connectivity index (χ0n) is 7.36. The number of nitrogens with zero attached hydrogens (tertiary/aromatic N) is 2. The quantitative estimate of drug-likeness (QED) is 0.754. The van der Waals surface area contributed by atoms with Gasteiger partial charge in [0, 0.05) is 5.38 Å². The van der Waals surface area contributed by atoms with Crippen molar-refractivity contribution in [3.05, 3.63) is 22.8 Å². The van der Waals surface area contributed by atoms with E-state index in [4.69, 9.17) is 4.42 Å². The minimum Gasteiger partial charge on any atom is -0.443 e. The third-order valence-corrected chi connectivity index (χ3v) is 2.58. The van der Waals surface area contributed by atoms with Crippen LogP contribution < -0.4 is 0 Å². The molecular weight excluding hydrogens is 184 g/mol. The Morgan fingerprint density at radius 2 is 2.46 bits per heavy atom. The number of hydrogen-bond donors (Lipinski definition) is 0. The van der Waals surface area contributed by atoms with Crippen LogP contribution in [0.5, 0.6) is 0 Å². The van der Waals surface area contributed by atoms with Gasteiger partial charge in [-0.1, -0.05) is 6.92 Å². The Morgan fingerprint density at radius 1 is 1.54 bits per heavy atom. The Hall–Kier alpha value is -1.16. The van der Waals surface area contributed by atoms with Crippen molar-refractivity contribution < 1.29 is 4.42 Å². The molecule has 0 radical (unpaired) electrons. The summed E-state index contributed by atoms with van der Waals surface area (Å²) in [6.45, 7) is 2.15. The largest absolute Gasteiger partial charge is 0.443 e. The van der Waals surface area contributed by atoms with Crippen LogP contribution in [-0.2, 0) is 6.42 Å². The first-order chi connectivity index (χ1) is 6.40. The summed E-state index contributed by atoms with van der Waals surface area (Å²) >= 11 is 1.66. The Balaban J connectivity index is 2.23. The second-order valence-corrected chi connectivity index (χ2v) is 3.66. The van der Waals surface area contributed by atoms with Crippen LogP contribution in [-0.4, -0.2) is 9.97 Å². The van der Waals surface area contributed by atoms with Crippen molar-refractivity contribution >= 4 is 11.3 Å². The summed E-state index contributed by atoms with van der Waals surface area (Å²) < 4.78 is 5.14.